The number of fused-ring (bicyclic) bond motifs is 2. The summed E-state index contributed by atoms with van der Waals surface area (Å²) in [7, 11) is 0. The first kappa shape index (κ1) is 19.5. The van der Waals surface area contributed by atoms with Crippen LogP contribution < -0.4 is 5.32 Å². The van der Waals surface area contributed by atoms with Crippen LogP contribution in [0.25, 0.3) is 0 Å². The van der Waals surface area contributed by atoms with Gasteiger partial charge in [0, 0.05) is 18.0 Å². The summed E-state index contributed by atoms with van der Waals surface area (Å²) in [6.45, 7) is 3.84. The normalized spacial score (nSPS) is 37.0. The third-order valence-electron chi connectivity index (χ3n) is 7.57. The lowest BCUT2D eigenvalue weighted by atomic mass is 9.70. The summed E-state index contributed by atoms with van der Waals surface area (Å²) < 4.78 is 12.0. The van der Waals surface area contributed by atoms with Crippen molar-refractivity contribution in [2.45, 2.75) is 44.1 Å². The van der Waals surface area contributed by atoms with E-state index in [0.29, 0.717) is 11.4 Å². The molecule has 7 atom stereocenters. The highest BCUT2D eigenvalue weighted by Gasteiger charge is 2.74. The summed E-state index contributed by atoms with van der Waals surface area (Å²) in [5.74, 6) is -1.44. The minimum atomic E-state index is -0.975. The number of piperidine rings is 1. The largest absolute Gasteiger partial charge is 0.467 e. The van der Waals surface area contributed by atoms with Gasteiger partial charge in [-0.15, -0.1) is 0 Å². The van der Waals surface area contributed by atoms with Crippen molar-refractivity contribution in [3.63, 3.8) is 0 Å². The molecule has 0 aliphatic carbocycles. The Kier molecular flexibility index (Phi) is 4.05. The first-order valence-electron chi connectivity index (χ1n) is 11.0. The van der Waals surface area contributed by atoms with E-state index in [1.54, 1.807) is 23.3 Å². The van der Waals surface area contributed by atoms with E-state index in [0.717, 1.165) is 5.56 Å². The fourth-order valence-electron chi connectivity index (χ4n) is 6.13. The number of anilines is 1. The number of amides is 2. The molecule has 7 nitrogen and oxygen atoms in total. The second-order valence-electron chi connectivity index (χ2n) is 9.33. The van der Waals surface area contributed by atoms with Gasteiger partial charge in [0.15, 0.2) is 0 Å². The highest BCUT2D eigenvalue weighted by atomic mass is 16.5. The number of carbonyl (C=O) groups is 3. The van der Waals surface area contributed by atoms with Gasteiger partial charge in [-0.25, -0.2) is 0 Å². The summed E-state index contributed by atoms with van der Waals surface area (Å²) >= 11 is 0. The number of Topliss-reactive ketones (excluding diaryl/α,β-unsaturated/α-hetero) is 1. The Hall–Kier alpha value is -3.19. The monoisotopic (exact) mass is 432 g/mol. The third kappa shape index (κ3) is 2.48. The molecule has 0 saturated carbocycles. The summed E-state index contributed by atoms with van der Waals surface area (Å²) in [6.07, 6.45) is 5.05. The third-order valence-corrected chi connectivity index (χ3v) is 7.57. The van der Waals surface area contributed by atoms with Crippen LogP contribution in [0.2, 0.25) is 0 Å². The van der Waals surface area contributed by atoms with Gasteiger partial charge in [0.25, 0.3) is 0 Å². The Morgan fingerprint density at radius 3 is 2.69 bits per heavy atom. The Morgan fingerprint density at radius 1 is 1.19 bits per heavy atom. The summed E-state index contributed by atoms with van der Waals surface area (Å²) in [5.41, 5.74) is 0.803. The van der Waals surface area contributed by atoms with E-state index in [9.17, 15) is 14.4 Å². The lowest BCUT2D eigenvalue weighted by Crippen LogP contribution is -2.55. The number of nitrogens with one attached hydrogen (secondary N) is 1. The van der Waals surface area contributed by atoms with Gasteiger partial charge in [-0.05, 0) is 31.2 Å². The number of rotatable bonds is 3. The van der Waals surface area contributed by atoms with Gasteiger partial charge in [0.1, 0.15) is 17.1 Å². The van der Waals surface area contributed by atoms with Crippen molar-refractivity contribution in [2.75, 3.05) is 5.32 Å². The number of carbonyl (C=O) groups excluding carboxylic acids is 3. The smallest absolute Gasteiger partial charge is 0.231 e. The van der Waals surface area contributed by atoms with E-state index in [1.807, 2.05) is 50.3 Å². The molecule has 5 heterocycles. The van der Waals surface area contributed by atoms with Crippen LogP contribution >= 0.6 is 0 Å². The number of ether oxygens (including phenoxy) is 1. The topological polar surface area (TPSA) is 88.9 Å². The van der Waals surface area contributed by atoms with Crippen LogP contribution in [-0.2, 0) is 19.1 Å². The minimum absolute atomic E-state index is 0.0727. The average Bonchev–Trinajstić information content (AvgIpc) is 3.54. The van der Waals surface area contributed by atoms with Crippen molar-refractivity contribution < 1.29 is 23.5 Å². The van der Waals surface area contributed by atoms with Crippen LogP contribution in [0.4, 0.5) is 5.69 Å². The Bertz CT molecular complexity index is 1140. The molecule has 2 amide bonds. The molecule has 3 fully saturated rings. The van der Waals surface area contributed by atoms with E-state index >= 15 is 0 Å². The molecule has 2 aromatic rings. The van der Waals surface area contributed by atoms with E-state index in [1.165, 1.54) is 0 Å². The van der Waals surface area contributed by atoms with Crippen molar-refractivity contribution >= 4 is 23.3 Å². The zero-order chi connectivity index (χ0) is 22.2. The number of aryl methyl sites for hydroxylation is 1. The minimum Gasteiger partial charge on any atom is -0.467 e. The van der Waals surface area contributed by atoms with Gasteiger partial charge in [0.2, 0.25) is 11.8 Å². The van der Waals surface area contributed by atoms with Gasteiger partial charge in [-0.1, -0.05) is 36.8 Å². The first-order chi connectivity index (χ1) is 15.4. The molecule has 0 radical (unpaired) electrons. The van der Waals surface area contributed by atoms with Gasteiger partial charge in [-0.2, -0.15) is 0 Å². The highest BCUT2D eigenvalue weighted by Crippen LogP contribution is 2.59. The second-order valence-corrected chi connectivity index (χ2v) is 9.33. The van der Waals surface area contributed by atoms with Crippen molar-refractivity contribution in [1.29, 1.82) is 0 Å². The van der Waals surface area contributed by atoms with Gasteiger partial charge in [0.05, 0.1) is 36.3 Å². The fraction of sp³-hybridized carbons (Fsp3) is 0.400. The predicted octanol–water partition coefficient (Wildman–Crippen LogP) is 3.03. The van der Waals surface area contributed by atoms with Gasteiger partial charge < -0.3 is 19.4 Å². The highest BCUT2D eigenvalue weighted by molar-refractivity contribution is 6.00. The van der Waals surface area contributed by atoms with E-state index in [-0.39, 0.29) is 24.0 Å². The van der Waals surface area contributed by atoms with Crippen LogP contribution in [0, 0.1) is 24.7 Å². The van der Waals surface area contributed by atoms with Crippen LogP contribution in [0.3, 0.4) is 0 Å². The molecule has 2 bridgehead atoms. The Labute approximate surface area is 185 Å². The van der Waals surface area contributed by atoms with Crippen molar-refractivity contribution in [3.05, 3.63) is 66.1 Å². The lowest BCUT2D eigenvalue weighted by Gasteiger charge is -2.43. The number of hydrogen-bond donors (Lipinski definition) is 1. The molecule has 1 spiro atoms. The number of furan rings is 1. The van der Waals surface area contributed by atoms with Gasteiger partial charge in [-0.3, -0.25) is 14.4 Å². The average molecular weight is 432 g/mol. The quantitative estimate of drug-likeness (QED) is 0.754. The zero-order valence-electron chi connectivity index (χ0n) is 17.9. The fourth-order valence-corrected chi connectivity index (χ4v) is 6.13. The molecule has 4 aliphatic heterocycles. The van der Waals surface area contributed by atoms with Gasteiger partial charge >= 0.3 is 0 Å². The van der Waals surface area contributed by atoms with Crippen LogP contribution in [-0.4, -0.2) is 40.2 Å². The van der Waals surface area contributed by atoms with E-state index in [2.05, 4.69) is 5.32 Å². The standard InChI is InChI=1S/C25H24N2O5/c1-13-5-7-15(8-6-13)26-23(29)20-19-9-10-25(32-19)21(20)24(30)27-16(18-4-3-11-31-18)12-17(28)14(2)22(25)27/h3-11,14,16,19-22H,12H2,1-2H3,(H,26,29)/t14-,16+,19+,20-,21+,22+,25+/m1/s1. The first-order valence-corrected chi connectivity index (χ1v) is 11.0. The molecule has 3 saturated heterocycles. The molecule has 1 N–H and O–H groups in total. The van der Waals surface area contributed by atoms with Crippen LogP contribution in [0.5, 0.6) is 0 Å². The van der Waals surface area contributed by atoms with Crippen molar-refractivity contribution in [3.8, 4) is 0 Å². The maximum atomic E-state index is 13.9. The lowest BCUT2D eigenvalue weighted by molar-refractivity contribution is -0.147. The van der Waals surface area contributed by atoms with Crippen molar-refractivity contribution in [1.82, 2.24) is 4.90 Å². The molecule has 1 aromatic carbocycles. The SMILES string of the molecule is Cc1ccc(NC(=O)[C@@H]2[C@@H]3C=C[C@]4(O3)[C@@H]2C(=O)N2[C@H]4[C@H](C)C(=O)C[C@H]2c2ccco2)cc1. The number of nitrogens with zero attached hydrogens (tertiary/aromatic N) is 1. The summed E-state index contributed by atoms with van der Waals surface area (Å²) in [5, 5.41) is 2.96. The van der Waals surface area contributed by atoms with Crippen LogP contribution in [0.15, 0.2) is 59.2 Å². The second kappa shape index (κ2) is 6.65. The number of benzene rings is 1. The summed E-state index contributed by atoms with van der Waals surface area (Å²) in [4.78, 5) is 41.9. The van der Waals surface area contributed by atoms with E-state index < -0.39 is 41.5 Å². The molecule has 32 heavy (non-hydrogen) atoms. The molecule has 164 valence electrons. The predicted molar refractivity (Wildman–Crippen MR) is 114 cm³/mol. The Balaban J connectivity index is 1.38. The maximum Gasteiger partial charge on any atom is 0.231 e. The zero-order valence-corrected chi connectivity index (χ0v) is 17.9. The molecular weight excluding hydrogens is 408 g/mol. The number of ketones is 1. The molecule has 6 rings (SSSR count). The number of hydrogen-bond acceptors (Lipinski definition) is 5. The molecular formula is C25H24N2O5. The van der Waals surface area contributed by atoms with Crippen LogP contribution in [0.1, 0.15) is 30.7 Å². The van der Waals surface area contributed by atoms with E-state index in [4.69, 9.17) is 9.15 Å². The van der Waals surface area contributed by atoms with Crippen molar-refractivity contribution in [2.24, 2.45) is 17.8 Å². The molecule has 4 aliphatic rings. The molecule has 0 unspecified atom stereocenters. The molecule has 7 heteroatoms. The maximum absolute atomic E-state index is 13.9. The summed E-state index contributed by atoms with van der Waals surface area (Å²) in [6, 6.07) is 10.2. The molecule has 1 aromatic heterocycles. The Morgan fingerprint density at radius 2 is 1.97 bits per heavy atom.